The minimum Gasteiger partial charge on any atom is -0.352 e. The predicted molar refractivity (Wildman–Crippen MR) is 122 cm³/mol. The van der Waals surface area contributed by atoms with Crippen LogP contribution < -0.4 is 5.32 Å². The second kappa shape index (κ2) is 11.1. The van der Waals surface area contributed by atoms with Crippen molar-refractivity contribution in [3.8, 4) is 0 Å². The van der Waals surface area contributed by atoms with Crippen LogP contribution in [0.2, 0.25) is 0 Å². The van der Waals surface area contributed by atoms with Gasteiger partial charge >= 0.3 is 0 Å². The summed E-state index contributed by atoms with van der Waals surface area (Å²) >= 11 is 0. The number of benzene rings is 2. The second-order valence-electron chi connectivity index (χ2n) is 8.82. The summed E-state index contributed by atoms with van der Waals surface area (Å²) in [6, 6.07) is 16.1. The number of amides is 1. The number of carbonyl (C=O) groups is 2. The van der Waals surface area contributed by atoms with E-state index in [0.717, 1.165) is 18.5 Å². The Morgan fingerprint density at radius 3 is 2.13 bits per heavy atom. The third kappa shape index (κ3) is 7.10. The number of Topliss-reactive ketones (excluding diaryl/α,β-unsaturated/α-hetero) is 1. The van der Waals surface area contributed by atoms with Crippen LogP contribution in [-0.2, 0) is 24.2 Å². The Morgan fingerprint density at radius 2 is 1.50 bits per heavy atom. The third-order valence-corrected chi connectivity index (χ3v) is 5.58. The fourth-order valence-corrected chi connectivity index (χ4v) is 3.96. The van der Waals surface area contributed by atoms with E-state index in [1.807, 2.05) is 26.0 Å². The summed E-state index contributed by atoms with van der Waals surface area (Å²) in [7, 11) is 0. The van der Waals surface area contributed by atoms with Gasteiger partial charge in [0, 0.05) is 31.5 Å². The van der Waals surface area contributed by atoms with Crippen molar-refractivity contribution in [1.29, 1.82) is 0 Å². The molecule has 1 N–H and O–H groups in total. The lowest BCUT2D eigenvalue weighted by molar-refractivity contribution is -0.119. The molecule has 1 aliphatic heterocycles. The van der Waals surface area contributed by atoms with Gasteiger partial charge in [-0.3, -0.25) is 14.5 Å². The lowest BCUT2D eigenvalue weighted by atomic mass is 10.0. The van der Waals surface area contributed by atoms with E-state index in [9.17, 15) is 9.59 Å². The van der Waals surface area contributed by atoms with Crippen LogP contribution in [0, 0.1) is 5.92 Å². The first-order chi connectivity index (χ1) is 14.5. The van der Waals surface area contributed by atoms with Crippen molar-refractivity contribution < 1.29 is 9.59 Å². The standard InChI is InChI=1S/C26H34N2O2/c1-20(2)17-25(29)18-22-9-11-24(12-10-22)26(30)27-14-13-21-5-7-23(8-6-21)19-28-15-3-4-16-28/h5-12,20H,3-4,13-19H2,1-2H3,(H,27,30). The second-order valence-corrected chi connectivity index (χ2v) is 8.82. The van der Waals surface area contributed by atoms with Crippen LogP contribution >= 0.6 is 0 Å². The van der Waals surface area contributed by atoms with Gasteiger partial charge in [-0.15, -0.1) is 0 Å². The fourth-order valence-electron chi connectivity index (χ4n) is 3.96. The van der Waals surface area contributed by atoms with Crippen molar-refractivity contribution in [1.82, 2.24) is 10.2 Å². The summed E-state index contributed by atoms with van der Waals surface area (Å²) in [6.07, 6.45) is 4.49. The van der Waals surface area contributed by atoms with Gasteiger partial charge in [-0.1, -0.05) is 50.2 Å². The molecule has 1 aliphatic rings. The Kier molecular flexibility index (Phi) is 8.21. The van der Waals surface area contributed by atoms with Gasteiger partial charge in [0.2, 0.25) is 0 Å². The van der Waals surface area contributed by atoms with Crippen molar-refractivity contribution >= 4 is 11.7 Å². The molecule has 0 spiro atoms. The Hall–Kier alpha value is -2.46. The minimum absolute atomic E-state index is 0.0688. The third-order valence-electron chi connectivity index (χ3n) is 5.58. The lowest BCUT2D eigenvalue weighted by Gasteiger charge is -2.14. The number of nitrogens with one attached hydrogen (secondary N) is 1. The van der Waals surface area contributed by atoms with Crippen LogP contribution in [0.1, 0.15) is 60.2 Å². The zero-order valence-electron chi connectivity index (χ0n) is 18.3. The van der Waals surface area contributed by atoms with Gasteiger partial charge in [0.05, 0.1) is 0 Å². The summed E-state index contributed by atoms with van der Waals surface area (Å²) in [5.74, 6) is 0.554. The molecule has 160 valence electrons. The summed E-state index contributed by atoms with van der Waals surface area (Å²) < 4.78 is 0. The number of ketones is 1. The molecule has 1 saturated heterocycles. The summed E-state index contributed by atoms with van der Waals surface area (Å²) in [4.78, 5) is 26.8. The molecule has 0 radical (unpaired) electrons. The Bertz CT molecular complexity index is 819. The molecule has 0 bridgehead atoms. The number of nitrogens with zero attached hydrogens (tertiary/aromatic N) is 1. The highest BCUT2D eigenvalue weighted by molar-refractivity contribution is 5.94. The zero-order chi connectivity index (χ0) is 21.3. The number of carbonyl (C=O) groups excluding carboxylic acids is 2. The number of hydrogen-bond acceptors (Lipinski definition) is 3. The van der Waals surface area contributed by atoms with Gasteiger partial charge in [0.1, 0.15) is 5.78 Å². The summed E-state index contributed by atoms with van der Waals surface area (Å²) in [5, 5.41) is 2.99. The molecular weight excluding hydrogens is 372 g/mol. The predicted octanol–water partition coefficient (Wildman–Crippen LogP) is 4.41. The number of likely N-dealkylation sites (tertiary alicyclic amines) is 1. The monoisotopic (exact) mass is 406 g/mol. The first-order valence-electron chi connectivity index (χ1n) is 11.2. The highest BCUT2D eigenvalue weighted by atomic mass is 16.1. The SMILES string of the molecule is CC(C)CC(=O)Cc1ccc(C(=O)NCCc2ccc(CN3CCCC3)cc2)cc1. The maximum Gasteiger partial charge on any atom is 0.251 e. The number of rotatable bonds is 10. The molecule has 0 atom stereocenters. The van der Waals surface area contributed by atoms with Crippen LogP contribution in [0.25, 0.3) is 0 Å². The first-order valence-corrected chi connectivity index (χ1v) is 11.2. The van der Waals surface area contributed by atoms with Crippen LogP contribution in [-0.4, -0.2) is 36.2 Å². The minimum atomic E-state index is -0.0688. The molecule has 1 heterocycles. The van der Waals surface area contributed by atoms with Crippen molar-refractivity contribution in [2.24, 2.45) is 5.92 Å². The molecule has 0 saturated carbocycles. The van der Waals surface area contributed by atoms with Gasteiger partial charge in [-0.2, -0.15) is 0 Å². The van der Waals surface area contributed by atoms with Crippen LogP contribution in [0.4, 0.5) is 0 Å². The molecule has 0 aliphatic carbocycles. The van der Waals surface area contributed by atoms with E-state index in [2.05, 4.69) is 34.5 Å². The van der Waals surface area contributed by atoms with E-state index in [1.54, 1.807) is 12.1 Å². The lowest BCUT2D eigenvalue weighted by Crippen LogP contribution is -2.25. The van der Waals surface area contributed by atoms with Crippen LogP contribution in [0.5, 0.6) is 0 Å². The van der Waals surface area contributed by atoms with Gasteiger partial charge < -0.3 is 5.32 Å². The van der Waals surface area contributed by atoms with Crippen molar-refractivity contribution in [2.75, 3.05) is 19.6 Å². The fraction of sp³-hybridized carbons (Fsp3) is 0.462. The Labute approximate surface area is 180 Å². The highest BCUT2D eigenvalue weighted by Gasteiger charge is 2.12. The largest absolute Gasteiger partial charge is 0.352 e. The van der Waals surface area contributed by atoms with Gasteiger partial charge in [-0.05, 0) is 67.1 Å². The molecule has 0 unspecified atom stereocenters. The van der Waals surface area contributed by atoms with E-state index in [4.69, 9.17) is 0 Å². The zero-order valence-corrected chi connectivity index (χ0v) is 18.3. The molecule has 0 aromatic heterocycles. The molecule has 1 fully saturated rings. The van der Waals surface area contributed by atoms with Crippen molar-refractivity contribution in [3.63, 3.8) is 0 Å². The Morgan fingerprint density at radius 1 is 0.900 bits per heavy atom. The van der Waals surface area contributed by atoms with Crippen molar-refractivity contribution in [3.05, 3.63) is 70.8 Å². The summed E-state index contributed by atoms with van der Waals surface area (Å²) in [5.41, 5.74) is 4.19. The Balaban J connectivity index is 1.41. The van der Waals surface area contributed by atoms with Gasteiger partial charge in [0.25, 0.3) is 5.91 Å². The van der Waals surface area contributed by atoms with E-state index in [-0.39, 0.29) is 11.7 Å². The summed E-state index contributed by atoms with van der Waals surface area (Å²) in [6.45, 7) is 8.17. The molecule has 4 nitrogen and oxygen atoms in total. The van der Waals surface area contributed by atoms with E-state index in [1.165, 1.54) is 37.1 Å². The van der Waals surface area contributed by atoms with Crippen LogP contribution in [0.3, 0.4) is 0 Å². The molecular formula is C26H34N2O2. The molecule has 1 amide bonds. The van der Waals surface area contributed by atoms with Crippen molar-refractivity contribution in [2.45, 2.75) is 52.5 Å². The molecule has 2 aromatic rings. The molecule has 4 heteroatoms. The maximum absolute atomic E-state index is 12.4. The van der Waals surface area contributed by atoms with E-state index in [0.29, 0.717) is 30.9 Å². The van der Waals surface area contributed by atoms with E-state index >= 15 is 0 Å². The molecule has 30 heavy (non-hydrogen) atoms. The van der Waals surface area contributed by atoms with Gasteiger partial charge in [-0.25, -0.2) is 0 Å². The first kappa shape index (κ1) is 22.2. The quantitative estimate of drug-likeness (QED) is 0.636. The average Bonchev–Trinajstić information content (AvgIpc) is 3.22. The van der Waals surface area contributed by atoms with E-state index < -0.39 is 0 Å². The molecule has 2 aromatic carbocycles. The van der Waals surface area contributed by atoms with Crippen LogP contribution in [0.15, 0.2) is 48.5 Å². The highest BCUT2D eigenvalue weighted by Crippen LogP contribution is 2.14. The van der Waals surface area contributed by atoms with Gasteiger partial charge in [0.15, 0.2) is 0 Å². The maximum atomic E-state index is 12.4. The molecule has 3 rings (SSSR count). The smallest absolute Gasteiger partial charge is 0.251 e. The number of hydrogen-bond donors (Lipinski definition) is 1. The average molecular weight is 407 g/mol. The normalized spacial score (nSPS) is 14.2. The topological polar surface area (TPSA) is 49.4 Å².